The van der Waals surface area contributed by atoms with Gasteiger partial charge in [-0.15, -0.1) is 6.58 Å². The molecule has 3 nitrogen and oxygen atoms in total. The van der Waals surface area contributed by atoms with Crippen LogP contribution in [0.5, 0.6) is 0 Å². The van der Waals surface area contributed by atoms with E-state index in [1.165, 1.54) is 19.4 Å². The molecule has 1 aromatic rings. The molecular formula is C17H22N2O. The van der Waals surface area contributed by atoms with Gasteiger partial charge in [-0.25, -0.2) is 0 Å². The third-order valence-corrected chi connectivity index (χ3v) is 4.77. The number of nitrogens with zero attached hydrogens (tertiary/aromatic N) is 1. The van der Waals surface area contributed by atoms with Gasteiger partial charge in [-0.1, -0.05) is 24.3 Å². The number of fused-ring (bicyclic) bond motifs is 3. The molecule has 2 bridgehead atoms. The monoisotopic (exact) mass is 270 g/mol. The van der Waals surface area contributed by atoms with E-state index in [0.29, 0.717) is 12.0 Å². The normalized spacial score (nSPS) is 31.8. The van der Waals surface area contributed by atoms with Crippen molar-refractivity contribution in [2.75, 3.05) is 19.6 Å². The number of hydrogen-bond acceptors (Lipinski definition) is 2. The largest absolute Gasteiger partial charge is 0.350 e. The van der Waals surface area contributed by atoms with Crippen LogP contribution in [0.4, 0.5) is 0 Å². The van der Waals surface area contributed by atoms with Gasteiger partial charge in [-0.05, 0) is 43.4 Å². The van der Waals surface area contributed by atoms with Crippen molar-refractivity contribution in [2.24, 2.45) is 11.8 Å². The smallest absolute Gasteiger partial charge is 0.251 e. The van der Waals surface area contributed by atoms with Crippen molar-refractivity contribution in [1.82, 2.24) is 10.2 Å². The van der Waals surface area contributed by atoms with Crippen molar-refractivity contribution in [3.05, 3.63) is 48.6 Å². The van der Waals surface area contributed by atoms with E-state index in [0.717, 1.165) is 24.6 Å². The first-order chi connectivity index (χ1) is 9.78. The van der Waals surface area contributed by atoms with Crippen LogP contribution in [0.2, 0.25) is 0 Å². The van der Waals surface area contributed by atoms with Gasteiger partial charge in [-0.3, -0.25) is 9.69 Å². The van der Waals surface area contributed by atoms with Gasteiger partial charge < -0.3 is 5.32 Å². The minimum atomic E-state index is 0.0357. The van der Waals surface area contributed by atoms with Crippen LogP contribution in [-0.4, -0.2) is 36.5 Å². The maximum atomic E-state index is 12.1. The van der Waals surface area contributed by atoms with Crippen molar-refractivity contribution in [3.8, 4) is 0 Å². The van der Waals surface area contributed by atoms with Crippen LogP contribution in [0, 0.1) is 11.8 Å². The lowest BCUT2D eigenvalue weighted by Crippen LogP contribution is -2.56. The van der Waals surface area contributed by atoms with Gasteiger partial charge in [0.05, 0.1) is 0 Å². The molecule has 1 amide bonds. The maximum absolute atomic E-state index is 12.1. The number of hydrogen-bond donors (Lipinski definition) is 1. The molecule has 0 aliphatic carbocycles. The summed E-state index contributed by atoms with van der Waals surface area (Å²) in [5, 5.41) is 3.08. The Hall–Kier alpha value is -1.61. The Morgan fingerprint density at radius 1 is 1.40 bits per heavy atom. The summed E-state index contributed by atoms with van der Waals surface area (Å²) in [4.78, 5) is 14.6. The molecule has 3 heterocycles. The molecule has 1 aromatic carbocycles. The number of piperidine rings is 3. The molecule has 0 spiro atoms. The predicted molar refractivity (Wildman–Crippen MR) is 80.5 cm³/mol. The molecule has 3 heteroatoms. The lowest BCUT2D eigenvalue weighted by Gasteiger charge is -2.49. The molecule has 4 unspecified atom stereocenters. The van der Waals surface area contributed by atoms with E-state index in [-0.39, 0.29) is 5.91 Å². The molecule has 3 aliphatic rings. The zero-order valence-electron chi connectivity index (χ0n) is 11.8. The van der Waals surface area contributed by atoms with Crippen LogP contribution >= 0.6 is 0 Å². The molecule has 4 rings (SSSR count). The third-order valence-electron chi connectivity index (χ3n) is 4.77. The van der Waals surface area contributed by atoms with E-state index < -0.39 is 0 Å². The third kappa shape index (κ3) is 2.63. The fourth-order valence-electron chi connectivity index (χ4n) is 3.56. The first-order valence-corrected chi connectivity index (χ1v) is 7.48. The minimum absolute atomic E-state index is 0.0357. The molecule has 3 fully saturated rings. The predicted octanol–water partition coefficient (Wildman–Crippen LogP) is 2.31. The highest BCUT2D eigenvalue weighted by atomic mass is 16.1. The molecular weight excluding hydrogens is 248 g/mol. The topological polar surface area (TPSA) is 32.3 Å². The average Bonchev–Trinajstić information content (AvgIpc) is 2.53. The highest BCUT2D eigenvalue weighted by Gasteiger charge is 2.38. The maximum Gasteiger partial charge on any atom is 0.251 e. The summed E-state index contributed by atoms with van der Waals surface area (Å²) in [5.41, 5.74) is 0.743. The highest BCUT2D eigenvalue weighted by Crippen LogP contribution is 2.36. The van der Waals surface area contributed by atoms with Gasteiger partial charge >= 0.3 is 0 Å². The van der Waals surface area contributed by atoms with Crippen molar-refractivity contribution < 1.29 is 4.79 Å². The van der Waals surface area contributed by atoms with Gasteiger partial charge in [0.25, 0.3) is 5.91 Å². The zero-order chi connectivity index (χ0) is 13.9. The molecule has 4 atom stereocenters. The van der Waals surface area contributed by atoms with Crippen molar-refractivity contribution in [3.63, 3.8) is 0 Å². The molecule has 0 radical (unpaired) electrons. The summed E-state index contributed by atoms with van der Waals surface area (Å²) < 4.78 is 0. The van der Waals surface area contributed by atoms with E-state index in [4.69, 9.17) is 0 Å². The molecule has 20 heavy (non-hydrogen) atoms. The fourth-order valence-corrected chi connectivity index (χ4v) is 3.56. The second-order valence-corrected chi connectivity index (χ2v) is 5.91. The highest BCUT2D eigenvalue weighted by molar-refractivity contribution is 5.94. The summed E-state index contributed by atoms with van der Waals surface area (Å²) in [6.07, 6.45) is 4.57. The van der Waals surface area contributed by atoms with E-state index in [2.05, 4.69) is 22.9 Å². The molecule has 0 aromatic heterocycles. The van der Waals surface area contributed by atoms with E-state index in [1.807, 2.05) is 30.3 Å². The van der Waals surface area contributed by atoms with Crippen LogP contribution in [0.25, 0.3) is 0 Å². The van der Waals surface area contributed by atoms with Gasteiger partial charge in [0.15, 0.2) is 0 Å². The quantitative estimate of drug-likeness (QED) is 0.852. The van der Waals surface area contributed by atoms with Crippen LogP contribution < -0.4 is 5.32 Å². The number of benzene rings is 1. The van der Waals surface area contributed by atoms with Crippen molar-refractivity contribution in [1.29, 1.82) is 0 Å². The second kappa shape index (κ2) is 5.80. The SMILES string of the molecule is C=CC1CN2CCC1CC2CNC(=O)c1ccccc1. The Labute approximate surface area is 120 Å². The van der Waals surface area contributed by atoms with Gasteiger partial charge in [-0.2, -0.15) is 0 Å². The second-order valence-electron chi connectivity index (χ2n) is 5.91. The zero-order valence-corrected chi connectivity index (χ0v) is 11.8. The summed E-state index contributed by atoms with van der Waals surface area (Å²) in [6.45, 7) is 6.98. The van der Waals surface area contributed by atoms with Crippen LogP contribution in [0.1, 0.15) is 23.2 Å². The summed E-state index contributed by atoms with van der Waals surface area (Å²) >= 11 is 0. The molecule has 0 saturated carbocycles. The standard InChI is InChI=1S/C17H22N2O/c1-2-13-12-19-9-8-15(13)10-16(19)11-18-17(20)14-6-4-3-5-7-14/h2-7,13,15-16H,1,8-12H2,(H,18,20). The van der Waals surface area contributed by atoms with Gasteiger partial charge in [0.2, 0.25) is 0 Å². The number of amides is 1. The Morgan fingerprint density at radius 3 is 2.85 bits per heavy atom. The first kappa shape index (κ1) is 13.4. The Morgan fingerprint density at radius 2 is 2.20 bits per heavy atom. The van der Waals surface area contributed by atoms with Crippen molar-refractivity contribution >= 4 is 5.91 Å². The molecule has 1 N–H and O–H groups in total. The lowest BCUT2D eigenvalue weighted by molar-refractivity contribution is 0.0195. The Kier molecular flexibility index (Phi) is 3.88. The van der Waals surface area contributed by atoms with Gasteiger partial charge in [0.1, 0.15) is 0 Å². The molecule has 3 saturated heterocycles. The van der Waals surface area contributed by atoms with E-state index in [9.17, 15) is 4.79 Å². The van der Waals surface area contributed by atoms with Gasteiger partial charge in [0, 0.05) is 24.7 Å². The Bertz CT molecular complexity index is 485. The Balaban J connectivity index is 1.55. The number of carbonyl (C=O) groups is 1. The summed E-state index contributed by atoms with van der Waals surface area (Å²) in [6, 6.07) is 9.94. The lowest BCUT2D eigenvalue weighted by atomic mass is 9.75. The molecule has 3 aliphatic heterocycles. The minimum Gasteiger partial charge on any atom is -0.350 e. The molecule has 106 valence electrons. The van der Waals surface area contributed by atoms with Crippen LogP contribution in [0.15, 0.2) is 43.0 Å². The van der Waals surface area contributed by atoms with E-state index >= 15 is 0 Å². The number of carbonyl (C=O) groups excluding carboxylic acids is 1. The summed E-state index contributed by atoms with van der Waals surface area (Å²) in [5.74, 6) is 1.44. The summed E-state index contributed by atoms with van der Waals surface area (Å²) in [7, 11) is 0. The number of rotatable bonds is 4. The average molecular weight is 270 g/mol. The fraction of sp³-hybridized carbons (Fsp3) is 0.471. The first-order valence-electron chi connectivity index (χ1n) is 7.48. The van der Waals surface area contributed by atoms with Crippen molar-refractivity contribution in [2.45, 2.75) is 18.9 Å². The van der Waals surface area contributed by atoms with Crippen LogP contribution in [-0.2, 0) is 0 Å². The van der Waals surface area contributed by atoms with E-state index in [1.54, 1.807) is 0 Å². The number of nitrogens with one attached hydrogen (secondary N) is 1. The van der Waals surface area contributed by atoms with Crippen LogP contribution in [0.3, 0.4) is 0 Å².